The first kappa shape index (κ1) is 15.5. The molecule has 1 atom stereocenters. The number of carbonyl (C=O) groups is 2. The fourth-order valence-electron chi connectivity index (χ4n) is 3.30. The first-order valence-electron chi connectivity index (χ1n) is 8.05. The van der Waals surface area contributed by atoms with Gasteiger partial charge in [-0.3, -0.25) is 9.59 Å². The molecule has 5 nitrogen and oxygen atoms in total. The first-order chi connectivity index (χ1) is 10.7. The van der Waals surface area contributed by atoms with E-state index in [-0.39, 0.29) is 23.9 Å². The monoisotopic (exact) mass is 321 g/mol. The molecule has 2 aliphatic rings. The Balaban J connectivity index is 1.72. The van der Waals surface area contributed by atoms with Gasteiger partial charge in [0.25, 0.3) is 5.91 Å². The standard InChI is InChI=1S/C16H23N3O2S/c17-12-6-9-18(10-7-12)15(20)13-4-1-2-8-19(13)16(21)14-5-3-11-22-14/h3,5,11-13H,1-2,4,6-10,17H2. The first-order valence-corrected chi connectivity index (χ1v) is 8.93. The van der Waals surface area contributed by atoms with Crippen molar-refractivity contribution in [3.05, 3.63) is 22.4 Å². The molecule has 0 radical (unpaired) electrons. The fraction of sp³-hybridized carbons (Fsp3) is 0.625. The second-order valence-corrected chi connectivity index (χ2v) is 7.10. The van der Waals surface area contributed by atoms with Crippen molar-refractivity contribution >= 4 is 23.2 Å². The highest BCUT2D eigenvalue weighted by Gasteiger charge is 2.36. The van der Waals surface area contributed by atoms with E-state index >= 15 is 0 Å². The van der Waals surface area contributed by atoms with Gasteiger partial charge in [-0.05, 0) is 43.6 Å². The molecule has 0 spiro atoms. The third-order valence-corrected chi connectivity index (χ3v) is 5.49. The van der Waals surface area contributed by atoms with E-state index in [2.05, 4.69) is 0 Å². The molecule has 1 aromatic heterocycles. The number of hydrogen-bond acceptors (Lipinski definition) is 4. The lowest BCUT2D eigenvalue weighted by atomic mass is 9.98. The van der Waals surface area contributed by atoms with Crippen LogP contribution in [0.4, 0.5) is 0 Å². The predicted molar refractivity (Wildman–Crippen MR) is 86.8 cm³/mol. The summed E-state index contributed by atoms with van der Waals surface area (Å²) in [5.41, 5.74) is 5.91. The van der Waals surface area contributed by atoms with E-state index in [4.69, 9.17) is 5.73 Å². The van der Waals surface area contributed by atoms with Gasteiger partial charge in [0.2, 0.25) is 5.91 Å². The van der Waals surface area contributed by atoms with E-state index in [1.165, 1.54) is 11.3 Å². The highest BCUT2D eigenvalue weighted by atomic mass is 32.1. The Morgan fingerprint density at radius 1 is 1.14 bits per heavy atom. The van der Waals surface area contributed by atoms with Gasteiger partial charge in [0, 0.05) is 25.7 Å². The maximum absolute atomic E-state index is 12.8. The molecule has 2 fully saturated rings. The third-order valence-electron chi connectivity index (χ3n) is 4.63. The maximum atomic E-state index is 12.8. The molecule has 0 aromatic carbocycles. The fourth-order valence-corrected chi connectivity index (χ4v) is 3.98. The van der Waals surface area contributed by atoms with E-state index in [1.807, 2.05) is 22.4 Å². The Hall–Kier alpha value is -1.40. The van der Waals surface area contributed by atoms with Crippen LogP contribution in [0.25, 0.3) is 0 Å². The second kappa shape index (κ2) is 6.79. The second-order valence-electron chi connectivity index (χ2n) is 6.15. The number of nitrogens with two attached hydrogens (primary N) is 1. The lowest BCUT2D eigenvalue weighted by Crippen LogP contribution is -2.55. The number of hydrogen-bond donors (Lipinski definition) is 1. The van der Waals surface area contributed by atoms with Crippen molar-refractivity contribution in [3.63, 3.8) is 0 Å². The highest BCUT2D eigenvalue weighted by molar-refractivity contribution is 7.12. The van der Waals surface area contributed by atoms with E-state index in [9.17, 15) is 9.59 Å². The molecular weight excluding hydrogens is 298 g/mol. The molecular formula is C16H23N3O2S. The minimum atomic E-state index is -0.294. The van der Waals surface area contributed by atoms with Gasteiger partial charge in [0.05, 0.1) is 4.88 Å². The summed E-state index contributed by atoms with van der Waals surface area (Å²) < 4.78 is 0. The summed E-state index contributed by atoms with van der Waals surface area (Å²) in [6.07, 6.45) is 4.48. The Bertz CT molecular complexity index is 524. The zero-order chi connectivity index (χ0) is 15.5. The Morgan fingerprint density at radius 3 is 2.59 bits per heavy atom. The normalized spacial score (nSPS) is 23.6. The zero-order valence-electron chi connectivity index (χ0n) is 12.7. The third kappa shape index (κ3) is 3.17. The number of thiophene rings is 1. The summed E-state index contributed by atoms with van der Waals surface area (Å²) in [6.45, 7) is 2.12. The summed E-state index contributed by atoms with van der Waals surface area (Å²) >= 11 is 1.44. The average Bonchev–Trinajstić information content (AvgIpc) is 3.09. The molecule has 6 heteroatoms. The molecule has 2 aliphatic heterocycles. The minimum Gasteiger partial charge on any atom is -0.341 e. The van der Waals surface area contributed by atoms with Gasteiger partial charge in [0.1, 0.15) is 6.04 Å². The number of nitrogens with zero attached hydrogens (tertiary/aromatic N) is 2. The van der Waals surface area contributed by atoms with E-state index in [0.717, 1.165) is 50.1 Å². The SMILES string of the molecule is NC1CCN(C(=O)C2CCCCN2C(=O)c2cccs2)CC1. The lowest BCUT2D eigenvalue weighted by Gasteiger charge is -2.39. The Morgan fingerprint density at radius 2 is 1.91 bits per heavy atom. The number of likely N-dealkylation sites (tertiary alicyclic amines) is 2. The van der Waals surface area contributed by atoms with Crippen LogP contribution in [0.2, 0.25) is 0 Å². The maximum Gasteiger partial charge on any atom is 0.264 e. The molecule has 0 saturated carbocycles. The molecule has 120 valence electrons. The number of amides is 2. The van der Waals surface area contributed by atoms with Crippen LogP contribution in [-0.4, -0.2) is 53.3 Å². The molecule has 1 aromatic rings. The molecule has 2 N–H and O–H groups in total. The van der Waals surface area contributed by atoms with Gasteiger partial charge < -0.3 is 15.5 Å². The molecule has 3 rings (SSSR count). The van der Waals surface area contributed by atoms with Crippen LogP contribution in [0.15, 0.2) is 17.5 Å². The van der Waals surface area contributed by atoms with Gasteiger partial charge in [-0.1, -0.05) is 6.07 Å². The van der Waals surface area contributed by atoms with Crippen LogP contribution in [-0.2, 0) is 4.79 Å². The topological polar surface area (TPSA) is 66.6 Å². The van der Waals surface area contributed by atoms with Gasteiger partial charge in [-0.25, -0.2) is 0 Å². The molecule has 2 amide bonds. The summed E-state index contributed by atoms with van der Waals surface area (Å²) in [6, 6.07) is 3.63. The molecule has 0 bridgehead atoms. The number of piperidine rings is 2. The van der Waals surface area contributed by atoms with E-state index in [1.54, 1.807) is 4.90 Å². The molecule has 22 heavy (non-hydrogen) atoms. The van der Waals surface area contributed by atoms with Crippen molar-refractivity contribution in [1.82, 2.24) is 9.80 Å². The van der Waals surface area contributed by atoms with Crippen LogP contribution in [0.5, 0.6) is 0 Å². The zero-order valence-corrected chi connectivity index (χ0v) is 13.6. The molecule has 0 aliphatic carbocycles. The average molecular weight is 321 g/mol. The Labute approximate surface area is 135 Å². The highest BCUT2D eigenvalue weighted by Crippen LogP contribution is 2.24. The quantitative estimate of drug-likeness (QED) is 0.901. The van der Waals surface area contributed by atoms with Gasteiger partial charge >= 0.3 is 0 Å². The van der Waals surface area contributed by atoms with Crippen molar-refractivity contribution in [2.24, 2.45) is 5.73 Å². The van der Waals surface area contributed by atoms with Crippen LogP contribution in [0.3, 0.4) is 0 Å². The smallest absolute Gasteiger partial charge is 0.264 e. The van der Waals surface area contributed by atoms with Crippen molar-refractivity contribution in [2.45, 2.75) is 44.2 Å². The van der Waals surface area contributed by atoms with Crippen molar-refractivity contribution < 1.29 is 9.59 Å². The number of carbonyl (C=O) groups excluding carboxylic acids is 2. The summed E-state index contributed by atoms with van der Waals surface area (Å²) in [4.78, 5) is 29.9. The minimum absolute atomic E-state index is 0.00163. The summed E-state index contributed by atoms with van der Waals surface area (Å²) in [5, 5.41) is 1.90. The lowest BCUT2D eigenvalue weighted by molar-refractivity contribution is -0.138. The van der Waals surface area contributed by atoms with Crippen LogP contribution in [0.1, 0.15) is 41.8 Å². The van der Waals surface area contributed by atoms with Crippen LogP contribution < -0.4 is 5.73 Å². The number of rotatable bonds is 2. The van der Waals surface area contributed by atoms with Crippen molar-refractivity contribution in [1.29, 1.82) is 0 Å². The molecule has 2 saturated heterocycles. The van der Waals surface area contributed by atoms with Crippen LogP contribution >= 0.6 is 11.3 Å². The van der Waals surface area contributed by atoms with Gasteiger partial charge in [-0.15, -0.1) is 11.3 Å². The van der Waals surface area contributed by atoms with Gasteiger partial charge in [0.15, 0.2) is 0 Å². The molecule has 1 unspecified atom stereocenters. The van der Waals surface area contributed by atoms with Crippen LogP contribution in [0, 0.1) is 0 Å². The molecule has 3 heterocycles. The van der Waals surface area contributed by atoms with E-state index in [0.29, 0.717) is 6.54 Å². The van der Waals surface area contributed by atoms with Crippen molar-refractivity contribution in [3.8, 4) is 0 Å². The Kier molecular flexibility index (Phi) is 4.78. The summed E-state index contributed by atoms with van der Waals surface area (Å²) in [5.74, 6) is 0.110. The summed E-state index contributed by atoms with van der Waals surface area (Å²) in [7, 11) is 0. The predicted octanol–water partition coefficient (Wildman–Crippen LogP) is 1.69. The van der Waals surface area contributed by atoms with Gasteiger partial charge in [-0.2, -0.15) is 0 Å². The largest absolute Gasteiger partial charge is 0.341 e. The van der Waals surface area contributed by atoms with Crippen molar-refractivity contribution in [2.75, 3.05) is 19.6 Å². The van der Waals surface area contributed by atoms with E-state index < -0.39 is 0 Å².